The lowest BCUT2D eigenvalue weighted by molar-refractivity contribution is -0.146. The number of carboxylic acids is 1. The number of unbranched alkanes of at least 4 members (excludes halogenated alkanes) is 5. The van der Waals surface area contributed by atoms with Gasteiger partial charge in [-0.2, -0.15) is 0 Å². The highest BCUT2D eigenvalue weighted by Gasteiger charge is 2.30. The van der Waals surface area contributed by atoms with Crippen molar-refractivity contribution < 1.29 is 29.0 Å². The second-order valence-corrected chi connectivity index (χ2v) is 8.89. The fraction of sp³-hybridized carbons (Fsp3) is 0.464. The number of alkyl carbamates (subject to hydrolysis) is 1. The SMILES string of the molecule is CCCCCCCCOC(=O)[C@H](CCC(=O)O)NC(=O)OCC1c2ccccc2-c2ccccc21. The van der Waals surface area contributed by atoms with Gasteiger partial charge in [-0.3, -0.25) is 4.79 Å². The van der Waals surface area contributed by atoms with Gasteiger partial charge < -0.3 is 19.9 Å². The van der Waals surface area contributed by atoms with Crippen molar-refractivity contribution in [3.05, 3.63) is 59.7 Å². The van der Waals surface area contributed by atoms with Crippen LogP contribution in [0.15, 0.2) is 48.5 Å². The van der Waals surface area contributed by atoms with Crippen LogP contribution in [0.25, 0.3) is 11.1 Å². The van der Waals surface area contributed by atoms with Crippen LogP contribution in [0, 0.1) is 0 Å². The molecule has 1 atom stereocenters. The summed E-state index contributed by atoms with van der Waals surface area (Å²) in [5, 5.41) is 11.5. The highest BCUT2D eigenvalue weighted by molar-refractivity contribution is 5.82. The number of carbonyl (C=O) groups excluding carboxylic acids is 2. The molecule has 2 N–H and O–H groups in total. The van der Waals surface area contributed by atoms with E-state index in [0.29, 0.717) is 0 Å². The molecule has 188 valence electrons. The first-order valence-corrected chi connectivity index (χ1v) is 12.5. The lowest BCUT2D eigenvalue weighted by Gasteiger charge is -2.19. The smallest absolute Gasteiger partial charge is 0.407 e. The zero-order chi connectivity index (χ0) is 25.0. The average molecular weight is 482 g/mol. The standard InChI is InChI=1S/C28H35NO6/c1-2-3-4-5-6-11-18-34-27(32)25(16-17-26(30)31)29-28(33)35-19-24-22-14-9-7-12-20(22)21-13-8-10-15-23(21)24/h7-10,12-15,24-25H,2-6,11,16-19H2,1H3,(H,29,33)(H,30,31)/t25-/m0/s1. The highest BCUT2D eigenvalue weighted by Crippen LogP contribution is 2.44. The molecule has 3 rings (SSSR count). The number of aliphatic carboxylic acids is 1. The molecule has 0 saturated carbocycles. The number of hydrogen-bond donors (Lipinski definition) is 2. The molecule has 2 aromatic rings. The Morgan fingerprint density at radius 3 is 2.11 bits per heavy atom. The van der Waals surface area contributed by atoms with Crippen molar-refractivity contribution in [2.45, 2.75) is 70.3 Å². The van der Waals surface area contributed by atoms with Crippen molar-refractivity contribution in [3.63, 3.8) is 0 Å². The molecule has 0 aliphatic heterocycles. The van der Waals surface area contributed by atoms with Crippen LogP contribution < -0.4 is 5.32 Å². The van der Waals surface area contributed by atoms with Crippen molar-refractivity contribution in [3.8, 4) is 11.1 Å². The summed E-state index contributed by atoms with van der Waals surface area (Å²) in [5.41, 5.74) is 4.41. The number of rotatable bonds is 14. The number of carboxylic acid groups (broad SMARTS) is 1. The van der Waals surface area contributed by atoms with Crippen LogP contribution in [-0.4, -0.2) is 42.4 Å². The minimum absolute atomic E-state index is 0.0607. The Morgan fingerprint density at radius 2 is 1.49 bits per heavy atom. The molecule has 2 aromatic carbocycles. The van der Waals surface area contributed by atoms with E-state index in [9.17, 15) is 14.4 Å². The maximum Gasteiger partial charge on any atom is 0.407 e. The van der Waals surface area contributed by atoms with Crippen LogP contribution in [0.2, 0.25) is 0 Å². The summed E-state index contributed by atoms with van der Waals surface area (Å²) in [7, 11) is 0. The third-order valence-electron chi connectivity index (χ3n) is 6.31. The van der Waals surface area contributed by atoms with Gasteiger partial charge in [-0.25, -0.2) is 9.59 Å². The van der Waals surface area contributed by atoms with Gasteiger partial charge in [0.25, 0.3) is 0 Å². The molecule has 0 heterocycles. The largest absolute Gasteiger partial charge is 0.481 e. The van der Waals surface area contributed by atoms with E-state index in [1.165, 1.54) is 12.8 Å². The van der Waals surface area contributed by atoms with E-state index in [1.54, 1.807) is 0 Å². The van der Waals surface area contributed by atoms with Gasteiger partial charge in [0.1, 0.15) is 12.6 Å². The lowest BCUT2D eigenvalue weighted by atomic mass is 9.98. The molecular formula is C28H35NO6. The van der Waals surface area contributed by atoms with Crippen LogP contribution >= 0.6 is 0 Å². The Bertz CT molecular complexity index is 959. The van der Waals surface area contributed by atoms with Gasteiger partial charge in [0.05, 0.1) is 6.61 Å². The molecule has 0 bridgehead atoms. The molecule has 0 fully saturated rings. The van der Waals surface area contributed by atoms with E-state index in [1.807, 2.05) is 36.4 Å². The number of nitrogens with one attached hydrogen (secondary N) is 1. The van der Waals surface area contributed by atoms with Gasteiger partial charge >= 0.3 is 18.0 Å². The Balaban J connectivity index is 1.53. The van der Waals surface area contributed by atoms with E-state index >= 15 is 0 Å². The topological polar surface area (TPSA) is 102 Å². The zero-order valence-corrected chi connectivity index (χ0v) is 20.3. The molecule has 1 aliphatic rings. The Kier molecular flexibility index (Phi) is 10.1. The molecule has 0 saturated heterocycles. The molecule has 1 aliphatic carbocycles. The summed E-state index contributed by atoms with van der Waals surface area (Å²) in [5.74, 6) is -1.79. The molecule has 7 heteroatoms. The highest BCUT2D eigenvalue weighted by atomic mass is 16.6. The van der Waals surface area contributed by atoms with Crippen LogP contribution in [0.4, 0.5) is 4.79 Å². The minimum Gasteiger partial charge on any atom is -0.481 e. The number of benzene rings is 2. The number of hydrogen-bond acceptors (Lipinski definition) is 5. The van der Waals surface area contributed by atoms with Crippen LogP contribution in [0.1, 0.15) is 75.3 Å². The minimum atomic E-state index is -1.07. The normalized spacial score (nSPS) is 12.9. The summed E-state index contributed by atoms with van der Waals surface area (Å²) < 4.78 is 10.8. The number of carbonyl (C=O) groups is 3. The van der Waals surface area contributed by atoms with Crippen LogP contribution in [-0.2, 0) is 19.1 Å². The van der Waals surface area contributed by atoms with Crippen molar-refractivity contribution >= 4 is 18.0 Å². The quantitative estimate of drug-likeness (QED) is 0.267. The monoisotopic (exact) mass is 481 g/mol. The predicted molar refractivity (Wildman–Crippen MR) is 133 cm³/mol. The summed E-state index contributed by atoms with van der Waals surface area (Å²) in [6, 6.07) is 15.0. The van der Waals surface area contributed by atoms with E-state index in [-0.39, 0.29) is 32.0 Å². The molecular weight excluding hydrogens is 446 g/mol. The maximum atomic E-state index is 12.6. The van der Waals surface area contributed by atoms with Crippen molar-refractivity contribution in [1.29, 1.82) is 0 Å². The fourth-order valence-corrected chi connectivity index (χ4v) is 4.45. The predicted octanol–water partition coefficient (Wildman–Crippen LogP) is 5.66. The van der Waals surface area contributed by atoms with Crippen LogP contribution in [0.3, 0.4) is 0 Å². The Hall–Kier alpha value is -3.35. The van der Waals surface area contributed by atoms with Gasteiger partial charge in [-0.15, -0.1) is 0 Å². The average Bonchev–Trinajstić information content (AvgIpc) is 3.18. The third kappa shape index (κ3) is 7.57. The van der Waals surface area contributed by atoms with Gasteiger partial charge in [-0.1, -0.05) is 87.6 Å². The van der Waals surface area contributed by atoms with Gasteiger partial charge in [-0.05, 0) is 35.1 Å². The van der Waals surface area contributed by atoms with E-state index in [4.69, 9.17) is 14.6 Å². The van der Waals surface area contributed by atoms with Gasteiger partial charge in [0, 0.05) is 12.3 Å². The Morgan fingerprint density at radius 1 is 0.886 bits per heavy atom. The van der Waals surface area contributed by atoms with Gasteiger partial charge in [0.2, 0.25) is 0 Å². The number of amides is 1. The van der Waals surface area contributed by atoms with E-state index < -0.39 is 24.1 Å². The molecule has 0 radical (unpaired) electrons. The maximum absolute atomic E-state index is 12.6. The summed E-state index contributed by atoms with van der Waals surface area (Å²) >= 11 is 0. The van der Waals surface area contributed by atoms with Crippen LogP contribution in [0.5, 0.6) is 0 Å². The summed E-state index contributed by atoms with van der Waals surface area (Å²) in [6.45, 7) is 2.52. The first-order valence-electron chi connectivity index (χ1n) is 12.5. The first-order chi connectivity index (χ1) is 17.0. The summed E-state index contributed by atoms with van der Waals surface area (Å²) in [6.07, 6.45) is 5.23. The van der Waals surface area contributed by atoms with Gasteiger partial charge in [0.15, 0.2) is 0 Å². The Labute approximate surface area is 206 Å². The van der Waals surface area contributed by atoms with E-state index in [2.05, 4.69) is 24.4 Å². The second kappa shape index (κ2) is 13.5. The lowest BCUT2D eigenvalue weighted by Crippen LogP contribution is -2.42. The molecule has 7 nitrogen and oxygen atoms in total. The van der Waals surface area contributed by atoms with Crippen molar-refractivity contribution in [2.75, 3.05) is 13.2 Å². The van der Waals surface area contributed by atoms with E-state index in [0.717, 1.165) is 47.9 Å². The molecule has 0 unspecified atom stereocenters. The number of fused-ring (bicyclic) bond motifs is 3. The zero-order valence-electron chi connectivity index (χ0n) is 20.3. The number of esters is 1. The molecule has 0 spiro atoms. The second-order valence-electron chi connectivity index (χ2n) is 8.89. The molecule has 0 aromatic heterocycles. The van der Waals surface area contributed by atoms with Crippen molar-refractivity contribution in [1.82, 2.24) is 5.32 Å². The van der Waals surface area contributed by atoms with Crippen molar-refractivity contribution in [2.24, 2.45) is 0 Å². The molecule has 35 heavy (non-hydrogen) atoms. The fourth-order valence-electron chi connectivity index (χ4n) is 4.45. The third-order valence-corrected chi connectivity index (χ3v) is 6.31. The first kappa shape index (κ1) is 26.3. The number of ether oxygens (including phenoxy) is 2. The summed E-state index contributed by atoms with van der Waals surface area (Å²) in [4.78, 5) is 36.1. The molecule has 1 amide bonds.